The van der Waals surface area contributed by atoms with Crippen LogP contribution < -0.4 is 20.7 Å². The molecule has 3 aliphatic rings. The van der Waals surface area contributed by atoms with E-state index in [1.165, 1.54) is 7.11 Å². The van der Waals surface area contributed by atoms with Crippen LogP contribution in [-0.2, 0) is 4.79 Å². The Morgan fingerprint density at radius 3 is 2.88 bits per heavy atom. The van der Waals surface area contributed by atoms with E-state index in [2.05, 4.69) is 15.2 Å². The largest absolute Gasteiger partial charge is 0.496 e. The molecule has 2 atom stereocenters. The standard InChI is InChI=1S/C19H20N4O3/c1-26-15-7-11-10(6-12(15)16(20)24)2-5-21-17(11)23-8-13-14(9-23)22-18(25)19(13)3-4-19/h2,5-7,13-14H,3-4,8-9H2,1H3,(H2,20,24)(H,22,25). The first-order chi connectivity index (χ1) is 12.5. The molecule has 0 radical (unpaired) electrons. The first-order valence-corrected chi connectivity index (χ1v) is 8.86. The Labute approximate surface area is 150 Å². The number of rotatable bonds is 3. The second-order valence-electron chi connectivity index (χ2n) is 7.52. The number of ether oxygens (including phenoxy) is 1. The predicted octanol–water partition coefficient (Wildman–Crippen LogP) is 1.06. The number of carbonyl (C=O) groups is 2. The Balaban J connectivity index is 1.56. The van der Waals surface area contributed by atoms with Gasteiger partial charge >= 0.3 is 0 Å². The zero-order chi connectivity index (χ0) is 18.1. The molecule has 5 rings (SSSR count). The smallest absolute Gasteiger partial charge is 0.252 e. The molecule has 1 spiro atoms. The van der Waals surface area contributed by atoms with Crippen molar-refractivity contribution in [3.63, 3.8) is 0 Å². The topological polar surface area (TPSA) is 97.6 Å². The fourth-order valence-corrected chi connectivity index (χ4v) is 4.70. The van der Waals surface area contributed by atoms with E-state index in [0.717, 1.165) is 42.5 Å². The van der Waals surface area contributed by atoms with E-state index >= 15 is 0 Å². The summed E-state index contributed by atoms with van der Waals surface area (Å²) in [6.45, 7) is 1.57. The van der Waals surface area contributed by atoms with Crippen LogP contribution in [0, 0.1) is 11.3 Å². The van der Waals surface area contributed by atoms with Crippen LogP contribution in [0.4, 0.5) is 5.82 Å². The third-order valence-electron chi connectivity index (χ3n) is 6.22. The molecule has 7 heteroatoms. The Hall–Kier alpha value is -2.83. The number of hydrogen-bond acceptors (Lipinski definition) is 5. The molecule has 2 aromatic rings. The van der Waals surface area contributed by atoms with Crippen LogP contribution in [-0.4, -0.2) is 43.0 Å². The van der Waals surface area contributed by atoms with E-state index in [0.29, 0.717) is 17.2 Å². The Morgan fingerprint density at radius 2 is 2.19 bits per heavy atom. The van der Waals surface area contributed by atoms with Crippen molar-refractivity contribution in [2.24, 2.45) is 17.1 Å². The summed E-state index contributed by atoms with van der Waals surface area (Å²) in [5.41, 5.74) is 5.69. The summed E-state index contributed by atoms with van der Waals surface area (Å²) in [6.07, 6.45) is 3.73. The van der Waals surface area contributed by atoms with Gasteiger partial charge in [0.1, 0.15) is 11.6 Å². The van der Waals surface area contributed by atoms with Crippen molar-refractivity contribution in [2.45, 2.75) is 18.9 Å². The van der Waals surface area contributed by atoms with Crippen LogP contribution in [0.1, 0.15) is 23.2 Å². The van der Waals surface area contributed by atoms with Crippen molar-refractivity contribution in [3.8, 4) is 5.75 Å². The first kappa shape index (κ1) is 15.4. The quantitative estimate of drug-likeness (QED) is 0.861. The highest BCUT2D eigenvalue weighted by atomic mass is 16.5. The summed E-state index contributed by atoms with van der Waals surface area (Å²) >= 11 is 0. The van der Waals surface area contributed by atoms with Crippen LogP contribution in [0.5, 0.6) is 5.75 Å². The molecule has 3 heterocycles. The van der Waals surface area contributed by atoms with Gasteiger partial charge in [0.25, 0.3) is 5.91 Å². The molecule has 1 aliphatic carbocycles. The number of fused-ring (bicyclic) bond motifs is 3. The van der Waals surface area contributed by atoms with Gasteiger partial charge in [-0.1, -0.05) is 0 Å². The van der Waals surface area contributed by atoms with Crippen molar-refractivity contribution >= 4 is 28.4 Å². The van der Waals surface area contributed by atoms with Gasteiger partial charge in [-0.05, 0) is 36.4 Å². The Morgan fingerprint density at radius 1 is 1.38 bits per heavy atom. The maximum Gasteiger partial charge on any atom is 0.252 e. The van der Waals surface area contributed by atoms with Crippen LogP contribution in [0.3, 0.4) is 0 Å². The van der Waals surface area contributed by atoms with Crippen LogP contribution in [0.2, 0.25) is 0 Å². The van der Waals surface area contributed by atoms with Gasteiger partial charge in [0.15, 0.2) is 0 Å². The highest BCUT2D eigenvalue weighted by molar-refractivity contribution is 6.03. The number of aromatic nitrogens is 1. The van der Waals surface area contributed by atoms with Crippen molar-refractivity contribution in [1.29, 1.82) is 0 Å². The number of anilines is 1. The van der Waals surface area contributed by atoms with Crippen molar-refractivity contribution in [2.75, 3.05) is 25.1 Å². The van der Waals surface area contributed by atoms with Gasteiger partial charge in [0, 0.05) is 30.6 Å². The van der Waals surface area contributed by atoms with Crippen molar-refractivity contribution in [3.05, 3.63) is 30.0 Å². The lowest BCUT2D eigenvalue weighted by atomic mass is 9.90. The van der Waals surface area contributed by atoms with E-state index in [-0.39, 0.29) is 17.4 Å². The highest BCUT2D eigenvalue weighted by Crippen LogP contribution is 2.58. The molecule has 3 N–H and O–H groups in total. The minimum Gasteiger partial charge on any atom is -0.496 e. The lowest BCUT2D eigenvalue weighted by Crippen LogP contribution is -2.34. The number of pyridine rings is 1. The molecule has 2 saturated heterocycles. The van der Waals surface area contributed by atoms with Gasteiger partial charge in [0.05, 0.1) is 24.1 Å². The molecule has 2 unspecified atom stereocenters. The number of nitrogens with zero attached hydrogens (tertiary/aromatic N) is 2. The monoisotopic (exact) mass is 352 g/mol. The number of hydrogen-bond donors (Lipinski definition) is 2. The zero-order valence-corrected chi connectivity index (χ0v) is 14.5. The van der Waals surface area contributed by atoms with Crippen molar-refractivity contribution < 1.29 is 14.3 Å². The summed E-state index contributed by atoms with van der Waals surface area (Å²) in [7, 11) is 1.52. The molecule has 1 saturated carbocycles. The SMILES string of the molecule is COc1cc2c(N3CC4NC(=O)C5(CC5)C4C3)nccc2cc1C(N)=O. The molecule has 26 heavy (non-hydrogen) atoms. The zero-order valence-electron chi connectivity index (χ0n) is 14.5. The van der Waals surface area contributed by atoms with E-state index < -0.39 is 5.91 Å². The summed E-state index contributed by atoms with van der Waals surface area (Å²) in [4.78, 5) is 30.7. The molecule has 1 aromatic carbocycles. The highest BCUT2D eigenvalue weighted by Gasteiger charge is 2.64. The average Bonchev–Trinajstić information content (AvgIpc) is 3.28. The molecule has 134 valence electrons. The van der Waals surface area contributed by atoms with E-state index in [1.54, 1.807) is 12.3 Å². The average molecular weight is 352 g/mol. The van der Waals surface area contributed by atoms with E-state index in [1.807, 2.05) is 12.1 Å². The minimum absolute atomic E-state index is 0.138. The molecular formula is C19H20N4O3. The summed E-state index contributed by atoms with van der Waals surface area (Å²) < 4.78 is 5.36. The molecule has 7 nitrogen and oxygen atoms in total. The number of amides is 2. The normalized spacial score (nSPS) is 25.4. The number of benzene rings is 1. The number of methoxy groups -OCH3 is 1. The fourth-order valence-electron chi connectivity index (χ4n) is 4.70. The molecule has 3 fully saturated rings. The molecule has 2 aliphatic heterocycles. The van der Waals surface area contributed by atoms with Crippen LogP contribution >= 0.6 is 0 Å². The molecule has 0 bridgehead atoms. The van der Waals surface area contributed by atoms with E-state index in [9.17, 15) is 9.59 Å². The molecular weight excluding hydrogens is 332 g/mol. The maximum atomic E-state index is 12.2. The minimum atomic E-state index is -0.517. The first-order valence-electron chi connectivity index (χ1n) is 8.86. The second-order valence-corrected chi connectivity index (χ2v) is 7.52. The fraction of sp³-hybridized carbons (Fsp3) is 0.421. The van der Waals surface area contributed by atoms with Gasteiger partial charge in [-0.2, -0.15) is 0 Å². The third kappa shape index (κ3) is 1.97. The maximum absolute atomic E-state index is 12.2. The summed E-state index contributed by atoms with van der Waals surface area (Å²) in [5, 5.41) is 4.99. The van der Waals surface area contributed by atoms with E-state index in [4.69, 9.17) is 10.5 Å². The number of nitrogens with one attached hydrogen (secondary N) is 1. The van der Waals surface area contributed by atoms with Crippen molar-refractivity contribution in [1.82, 2.24) is 10.3 Å². The third-order valence-corrected chi connectivity index (χ3v) is 6.22. The summed E-state index contributed by atoms with van der Waals surface area (Å²) in [6, 6.07) is 5.64. The Kier molecular flexibility index (Phi) is 3.02. The van der Waals surface area contributed by atoms with Gasteiger partial charge in [-0.15, -0.1) is 0 Å². The molecule has 1 aromatic heterocycles. The lowest BCUT2D eigenvalue weighted by molar-refractivity contribution is -0.124. The molecule has 2 amide bonds. The number of nitrogens with two attached hydrogens (primary N) is 1. The van der Waals surface area contributed by atoms with Gasteiger partial charge in [-0.3, -0.25) is 9.59 Å². The number of carbonyl (C=O) groups excluding carboxylic acids is 2. The van der Waals surface area contributed by atoms with Crippen LogP contribution in [0.25, 0.3) is 10.8 Å². The number of primary amides is 1. The van der Waals surface area contributed by atoms with Crippen LogP contribution in [0.15, 0.2) is 24.4 Å². The lowest BCUT2D eigenvalue weighted by Gasteiger charge is -2.22. The predicted molar refractivity (Wildman–Crippen MR) is 96.1 cm³/mol. The second kappa shape index (κ2) is 5.09. The van der Waals surface area contributed by atoms with Gasteiger partial charge in [-0.25, -0.2) is 4.98 Å². The summed E-state index contributed by atoms with van der Waals surface area (Å²) in [5.74, 6) is 1.36. The Bertz CT molecular complexity index is 953. The van der Waals surface area contributed by atoms with Gasteiger partial charge < -0.3 is 20.7 Å². The van der Waals surface area contributed by atoms with Gasteiger partial charge in [0.2, 0.25) is 5.91 Å².